The Labute approximate surface area is 198 Å². The molecule has 178 valence electrons. The fourth-order valence-electron chi connectivity index (χ4n) is 4.40. The summed E-state index contributed by atoms with van der Waals surface area (Å²) in [7, 11) is 0. The second-order valence-corrected chi connectivity index (χ2v) is 9.73. The number of anilines is 2. The van der Waals surface area contributed by atoms with Gasteiger partial charge in [0.15, 0.2) is 5.82 Å². The Balaban J connectivity index is 1.48. The Morgan fingerprint density at radius 2 is 2.18 bits per heavy atom. The van der Waals surface area contributed by atoms with E-state index < -0.39 is 5.95 Å². The highest BCUT2D eigenvalue weighted by molar-refractivity contribution is 6.33. The topological polar surface area (TPSA) is 101 Å². The van der Waals surface area contributed by atoms with Crippen molar-refractivity contribution in [1.29, 1.82) is 0 Å². The Bertz CT molecular complexity index is 999. The minimum atomic E-state index is -0.673. The number of halogens is 2. The van der Waals surface area contributed by atoms with Crippen LogP contribution in [0.3, 0.4) is 0 Å². The van der Waals surface area contributed by atoms with Crippen molar-refractivity contribution in [3.05, 3.63) is 29.4 Å². The van der Waals surface area contributed by atoms with Gasteiger partial charge in [0.1, 0.15) is 5.82 Å². The fraction of sp³-hybridized carbons (Fsp3) is 0.565. The van der Waals surface area contributed by atoms with Crippen LogP contribution in [0.2, 0.25) is 5.02 Å². The van der Waals surface area contributed by atoms with Gasteiger partial charge in [0.2, 0.25) is 5.91 Å². The predicted octanol–water partition coefficient (Wildman–Crippen LogP) is 3.89. The smallest absolute Gasteiger partial charge is 0.255 e. The van der Waals surface area contributed by atoms with E-state index in [9.17, 15) is 9.18 Å². The number of hydrogen-bond donors (Lipinski definition) is 3. The maximum absolute atomic E-state index is 14.4. The average Bonchev–Trinajstić information content (AvgIpc) is 2.80. The largest absolute Gasteiger partial charge is 0.376 e. The molecule has 2 aliphatic rings. The molecule has 0 radical (unpaired) electrons. The van der Waals surface area contributed by atoms with Crippen LogP contribution in [0.25, 0.3) is 11.3 Å². The zero-order valence-corrected chi connectivity index (χ0v) is 19.7. The molecule has 0 bridgehead atoms. The zero-order valence-electron chi connectivity index (χ0n) is 19.0. The molecule has 4 heterocycles. The van der Waals surface area contributed by atoms with Crippen molar-refractivity contribution < 1.29 is 13.9 Å². The Hall–Kier alpha value is -2.36. The second-order valence-electron chi connectivity index (χ2n) is 9.32. The summed E-state index contributed by atoms with van der Waals surface area (Å²) in [5, 5.41) is 9.52. The molecule has 0 aliphatic carbocycles. The quantitative estimate of drug-likeness (QED) is 0.581. The van der Waals surface area contributed by atoms with Gasteiger partial charge >= 0.3 is 0 Å². The average molecular weight is 477 g/mol. The van der Waals surface area contributed by atoms with E-state index in [1.54, 1.807) is 6.07 Å². The van der Waals surface area contributed by atoms with Crippen LogP contribution < -0.4 is 16.0 Å². The number of aromatic nitrogens is 3. The van der Waals surface area contributed by atoms with Crippen LogP contribution in [-0.4, -0.2) is 52.7 Å². The van der Waals surface area contributed by atoms with Gasteiger partial charge < -0.3 is 20.7 Å². The summed E-state index contributed by atoms with van der Waals surface area (Å²) >= 11 is 6.36. The SMILES string of the molecule is CC1(C)C[C@@H](CNc2nc(-c3cc(NC(=O)[C@@H]4CCCNC4)ncc3Cl)cnc2F)CCO1. The van der Waals surface area contributed by atoms with Gasteiger partial charge in [0, 0.05) is 31.5 Å². The summed E-state index contributed by atoms with van der Waals surface area (Å²) in [5.74, 6) is -0.0717. The lowest BCUT2D eigenvalue weighted by molar-refractivity contribution is -0.120. The number of hydrogen-bond acceptors (Lipinski definition) is 7. The van der Waals surface area contributed by atoms with Crippen LogP contribution in [0.15, 0.2) is 18.5 Å². The molecule has 2 aliphatic heterocycles. The number of carbonyl (C=O) groups excluding carboxylic acids is 1. The van der Waals surface area contributed by atoms with E-state index in [1.807, 2.05) is 0 Å². The molecule has 2 saturated heterocycles. The molecule has 2 atom stereocenters. The van der Waals surface area contributed by atoms with Crippen LogP contribution in [0, 0.1) is 17.8 Å². The first-order valence-electron chi connectivity index (χ1n) is 11.4. The molecule has 4 rings (SSSR count). The van der Waals surface area contributed by atoms with Crippen molar-refractivity contribution in [3.63, 3.8) is 0 Å². The molecule has 0 aromatic carbocycles. The molecule has 1 amide bonds. The predicted molar refractivity (Wildman–Crippen MR) is 126 cm³/mol. The van der Waals surface area contributed by atoms with Crippen molar-refractivity contribution in [2.75, 3.05) is 36.9 Å². The molecule has 33 heavy (non-hydrogen) atoms. The van der Waals surface area contributed by atoms with Gasteiger partial charge in [0.25, 0.3) is 5.95 Å². The first kappa shape index (κ1) is 23.8. The normalized spacial score (nSPS) is 22.5. The third kappa shape index (κ3) is 6.16. The lowest BCUT2D eigenvalue weighted by atomic mass is 9.88. The number of nitrogens with zero attached hydrogens (tertiary/aromatic N) is 3. The number of amides is 1. The van der Waals surface area contributed by atoms with E-state index >= 15 is 0 Å². The summed E-state index contributed by atoms with van der Waals surface area (Å²) in [4.78, 5) is 25.1. The van der Waals surface area contributed by atoms with Crippen molar-refractivity contribution >= 4 is 29.1 Å². The van der Waals surface area contributed by atoms with Crippen LogP contribution in [-0.2, 0) is 9.53 Å². The Morgan fingerprint density at radius 3 is 2.94 bits per heavy atom. The number of pyridine rings is 1. The number of ether oxygens (including phenoxy) is 1. The van der Waals surface area contributed by atoms with Crippen molar-refractivity contribution in [2.45, 2.75) is 45.1 Å². The van der Waals surface area contributed by atoms with E-state index in [-0.39, 0.29) is 23.2 Å². The Kier molecular flexibility index (Phi) is 7.41. The van der Waals surface area contributed by atoms with Gasteiger partial charge in [-0.15, -0.1) is 0 Å². The molecule has 2 aromatic rings. The molecule has 0 unspecified atom stereocenters. The molecule has 0 saturated carbocycles. The van der Waals surface area contributed by atoms with Crippen LogP contribution in [0.4, 0.5) is 16.0 Å². The van der Waals surface area contributed by atoms with Crippen molar-refractivity contribution in [3.8, 4) is 11.3 Å². The number of nitrogens with one attached hydrogen (secondary N) is 3. The molecular weight excluding hydrogens is 447 g/mol. The van der Waals surface area contributed by atoms with Crippen molar-refractivity contribution in [1.82, 2.24) is 20.3 Å². The number of carbonyl (C=O) groups is 1. The highest BCUT2D eigenvalue weighted by atomic mass is 35.5. The van der Waals surface area contributed by atoms with Crippen LogP contribution >= 0.6 is 11.6 Å². The van der Waals surface area contributed by atoms with Gasteiger partial charge in [-0.05, 0) is 58.1 Å². The third-order valence-corrected chi connectivity index (χ3v) is 6.44. The van der Waals surface area contributed by atoms with E-state index in [2.05, 4.69) is 44.7 Å². The first-order chi connectivity index (χ1) is 15.8. The van der Waals surface area contributed by atoms with E-state index in [0.29, 0.717) is 47.7 Å². The van der Waals surface area contributed by atoms with Gasteiger partial charge in [-0.3, -0.25) is 4.79 Å². The first-order valence-corrected chi connectivity index (χ1v) is 11.8. The van der Waals surface area contributed by atoms with Crippen LogP contribution in [0.1, 0.15) is 39.5 Å². The summed E-state index contributed by atoms with van der Waals surface area (Å²) < 4.78 is 20.1. The molecule has 2 fully saturated rings. The van der Waals surface area contributed by atoms with Gasteiger partial charge in [-0.25, -0.2) is 15.0 Å². The minimum absolute atomic E-state index is 0.0727. The highest BCUT2D eigenvalue weighted by Crippen LogP contribution is 2.31. The maximum atomic E-state index is 14.4. The second kappa shape index (κ2) is 10.3. The molecule has 0 spiro atoms. The molecule has 8 nitrogen and oxygen atoms in total. The van der Waals surface area contributed by atoms with E-state index in [0.717, 1.165) is 32.2 Å². The van der Waals surface area contributed by atoms with Gasteiger partial charge in [-0.1, -0.05) is 11.6 Å². The summed E-state index contributed by atoms with van der Waals surface area (Å²) in [5.41, 5.74) is 0.732. The summed E-state index contributed by atoms with van der Waals surface area (Å²) in [6.45, 7) is 6.96. The van der Waals surface area contributed by atoms with Gasteiger partial charge in [0.05, 0.1) is 28.4 Å². The minimum Gasteiger partial charge on any atom is -0.376 e. The fourth-order valence-corrected chi connectivity index (χ4v) is 4.60. The zero-order chi connectivity index (χ0) is 23.4. The lowest BCUT2D eigenvalue weighted by Crippen LogP contribution is -2.37. The highest BCUT2D eigenvalue weighted by Gasteiger charge is 2.29. The maximum Gasteiger partial charge on any atom is 0.255 e. The molecular formula is C23H30ClFN6O2. The summed E-state index contributed by atoms with van der Waals surface area (Å²) in [6, 6.07) is 1.64. The number of piperidine rings is 1. The number of rotatable bonds is 6. The molecule has 10 heteroatoms. The third-order valence-electron chi connectivity index (χ3n) is 6.14. The van der Waals surface area contributed by atoms with Crippen LogP contribution in [0.5, 0.6) is 0 Å². The van der Waals surface area contributed by atoms with E-state index in [4.69, 9.17) is 16.3 Å². The Morgan fingerprint density at radius 1 is 1.33 bits per heavy atom. The lowest BCUT2D eigenvalue weighted by Gasteiger charge is -2.35. The standard InChI is InChI=1S/C23H30ClFN6O2/c1-23(2)9-14(5-7-33-23)10-29-21-20(25)28-13-18(30-21)16-8-19(27-12-17(16)24)31-22(32)15-4-3-6-26-11-15/h8,12-15,26H,3-7,9-11H2,1-2H3,(H,29,30)(H,27,31,32)/t14-,15+/m0/s1. The monoisotopic (exact) mass is 476 g/mol. The van der Waals surface area contributed by atoms with E-state index in [1.165, 1.54) is 12.4 Å². The molecule has 2 aromatic heterocycles. The van der Waals surface area contributed by atoms with Gasteiger partial charge in [-0.2, -0.15) is 4.39 Å². The molecule has 3 N–H and O–H groups in total. The summed E-state index contributed by atoms with van der Waals surface area (Å²) in [6.07, 6.45) is 6.36. The van der Waals surface area contributed by atoms with Crippen molar-refractivity contribution in [2.24, 2.45) is 11.8 Å².